The van der Waals surface area contributed by atoms with Crippen molar-refractivity contribution in [2.45, 2.75) is 38.1 Å². The van der Waals surface area contributed by atoms with Crippen LogP contribution in [0.5, 0.6) is 0 Å². The lowest BCUT2D eigenvalue weighted by Crippen LogP contribution is -2.45. The highest BCUT2D eigenvalue weighted by Gasteiger charge is 2.30. The van der Waals surface area contributed by atoms with E-state index >= 15 is 0 Å². The molecule has 1 aromatic rings. The Hall–Kier alpha value is -2.11. The number of carbonyl (C=O) groups excluding carboxylic acids is 1. The van der Waals surface area contributed by atoms with Gasteiger partial charge in [-0.1, -0.05) is 12.8 Å². The molecule has 0 aliphatic heterocycles. The van der Waals surface area contributed by atoms with Gasteiger partial charge in [-0.25, -0.2) is 14.0 Å². The fourth-order valence-electron chi connectivity index (χ4n) is 2.51. The molecule has 0 spiro atoms. The molecule has 1 saturated carbocycles. The standard InChI is InChI=1S/C14H17FN2O3/c1-14(6-2-3-7-14)17-13(20)16-11-8-9(15)4-5-10(11)12(18)19/h4-5,8H,2-3,6-7H2,1H3,(H,18,19)(H2,16,17,20). The van der Waals surface area contributed by atoms with Crippen molar-refractivity contribution in [2.24, 2.45) is 0 Å². The van der Waals surface area contributed by atoms with E-state index in [0.717, 1.165) is 43.9 Å². The highest BCUT2D eigenvalue weighted by molar-refractivity contribution is 6.00. The number of aromatic carboxylic acids is 1. The molecule has 0 atom stereocenters. The molecular formula is C14H17FN2O3. The predicted molar refractivity (Wildman–Crippen MR) is 72.4 cm³/mol. The van der Waals surface area contributed by atoms with E-state index in [9.17, 15) is 14.0 Å². The second kappa shape index (κ2) is 5.48. The Kier molecular flexibility index (Phi) is 3.92. The van der Waals surface area contributed by atoms with E-state index in [-0.39, 0.29) is 16.8 Å². The third-order valence-electron chi connectivity index (χ3n) is 3.58. The van der Waals surface area contributed by atoms with Gasteiger partial charge in [-0.05, 0) is 38.0 Å². The first-order valence-electron chi connectivity index (χ1n) is 6.52. The minimum absolute atomic E-state index is 0.0448. The quantitative estimate of drug-likeness (QED) is 0.796. The van der Waals surface area contributed by atoms with E-state index in [2.05, 4.69) is 10.6 Å². The Morgan fingerprint density at radius 3 is 2.55 bits per heavy atom. The van der Waals surface area contributed by atoms with Crippen molar-refractivity contribution in [1.82, 2.24) is 5.32 Å². The number of amides is 2. The van der Waals surface area contributed by atoms with Gasteiger partial charge in [0.1, 0.15) is 5.82 Å². The van der Waals surface area contributed by atoms with Crippen LogP contribution in [0.2, 0.25) is 0 Å². The number of carboxylic acids is 1. The highest BCUT2D eigenvalue weighted by atomic mass is 19.1. The van der Waals surface area contributed by atoms with Gasteiger partial charge < -0.3 is 15.7 Å². The van der Waals surface area contributed by atoms with Crippen LogP contribution in [0.25, 0.3) is 0 Å². The largest absolute Gasteiger partial charge is 0.478 e. The topological polar surface area (TPSA) is 78.4 Å². The molecule has 2 amide bonds. The number of hydrogen-bond donors (Lipinski definition) is 3. The van der Waals surface area contributed by atoms with Crippen LogP contribution in [0.15, 0.2) is 18.2 Å². The van der Waals surface area contributed by atoms with Crippen LogP contribution in [-0.2, 0) is 0 Å². The normalized spacial score (nSPS) is 16.7. The molecule has 1 aliphatic rings. The van der Waals surface area contributed by atoms with Crippen molar-refractivity contribution < 1.29 is 19.1 Å². The molecule has 0 unspecified atom stereocenters. The summed E-state index contributed by atoms with van der Waals surface area (Å²) in [7, 11) is 0. The maximum atomic E-state index is 13.2. The summed E-state index contributed by atoms with van der Waals surface area (Å²) in [5.41, 5.74) is -0.462. The summed E-state index contributed by atoms with van der Waals surface area (Å²) in [5.74, 6) is -1.82. The molecule has 0 saturated heterocycles. The monoisotopic (exact) mass is 280 g/mol. The Bertz CT molecular complexity index is 539. The Balaban J connectivity index is 2.11. The van der Waals surface area contributed by atoms with E-state index in [4.69, 9.17) is 5.11 Å². The van der Waals surface area contributed by atoms with Crippen LogP contribution in [-0.4, -0.2) is 22.6 Å². The molecule has 20 heavy (non-hydrogen) atoms. The number of hydrogen-bond acceptors (Lipinski definition) is 2. The van der Waals surface area contributed by atoms with E-state index in [1.807, 2.05) is 6.92 Å². The summed E-state index contributed by atoms with van der Waals surface area (Å²) in [5, 5.41) is 14.2. The number of rotatable bonds is 3. The lowest BCUT2D eigenvalue weighted by atomic mass is 10.0. The van der Waals surface area contributed by atoms with Crippen molar-refractivity contribution in [2.75, 3.05) is 5.32 Å². The summed E-state index contributed by atoms with van der Waals surface area (Å²) in [6.07, 6.45) is 3.87. The maximum Gasteiger partial charge on any atom is 0.337 e. The molecule has 1 aromatic carbocycles. The van der Waals surface area contributed by atoms with Crippen LogP contribution in [0.4, 0.5) is 14.9 Å². The number of carboxylic acid groups (broad SMARTS) is 1. The molecule has 108 valence electrons. The minimum Gasteiger partial charge on any atom is -0.478 e. The van der Waals surface area contributed by atoms with Crippen molar-refractivity contribution in [1.29, 1.82) is 0 Å². The molecule has 0 radical (unpaired) electrons. The zero-order chi connectivity index (χ0) is 14.8. The number of nitrogens with one attached hydrogen (secondary N) is 2. The van der Waals surface area contributed by atoms with Crippen molar-refractivity contribution >= 4 is 17.7 Å². The molecule has 0 aromatic heterocycles. The molecule has 2 rings (SSSR count). The van der Waals surface area contributed by atoms with E-state index < -0.39 is 17.8 Å². The van der Waals surface area contributed by atoms with Gasteiger partial charge in [0, 0.05) is 5.54 Å². The van der Waals surface area contributed by atoms with Gasteiger partial charge in [0.15, 0.2) is 0 Å². The third-order valence-corrected chi connectivity index (χ3v) is 3.58. The molecule has 0 heterocycles. The van der Waals surface area contributed by atoms with Gasteiger partial charge >= 0.3 is 12.0 Å². The van der Waals surface area contributed by atoms with E-state index in [1.165, 1.54) is 0 Å². The second-order valence-electron chi connectivity index (χ2n) is 5.34. The van der Waals surface area contributed by atoms with Crippen LogP contribution < -0.4 is 10.6 Å². The predicted octanol–water partition coefficient (Wildman–Crippen LogP) is 2.98. The van der Waals surface area contributed by atoms with Crippen LogP contribution in [0.1, 0.15) is 43.0 Å². The van der Waals surface area contributed by atoms with Crippen LogP contribution in [0, 0.1) is 5.82 Å². The van der Waals surface area contributed by atoms with Gasteiger partial charge in [0.25, 0.3) is 0 Å². The molecule has 3 N–H and O–H groups in total. The molecular weight excluding hydrogens is 263 g/mol. The van der Waals surface area contributed by atoms with Crippen molar-refractivity contribution in [3.8, 4) is 0 Å². The maximum absolute atomic E-state index is 13.2. The number of halogens is 1. The minimum atomic E-state index is -1.22. The first-order valence-corrected chi connectivity index (χ1v) is 6.52. The molecule has 5 nitrogen and oxygen atoms in total. The zero-order valence-corrected chi connectivity index (χ0v) is 11.2. The van der Waals surface area contributed by atoms with E-state index in [1.54, 1.807) is 0 Å². The smallest absolute Gasteiger partial charge is 0.337 e. The number of carbonyl (C=O) groups is 2. The lowest BCUT2D eigenvalue weighted by Gasteiger charge is -2.25. The fourth-order valence-corrected chi connectivity index (χ4v) is 2.51. The van der Waals surface area contributed by atoms with Crippen molar-refractivity contribution in [3.63, 3.8) is 0 Å². The second-order valence-corrected chi connectivity index (χ2v) is 5.34. The average Bonchev–Trinajstić information content (AvgIpc) is 2.74. The number of benzene rings is 1. The summed E-state index contributed by atoms with van der Waals surface area (Å²) < 4.78 is 13.2. The zero-order valence-electron chi connectivity index (χ0n) is 11.2. The van der Waals surface area contributed by atoms with Crippen molar-refractivity contribution in [3.05, 3.63) is 29.6 Å². The average molecular weight is 280 g/mol. The number of anilines is 1. The van der Waals surface area contributed by atoms with Crippen LogP contribution >= 0.6 is 0 Å². The summed E-state index contributed by atoms with van der Waals surface area (Å²) in [6, 6.07) is 2.66. The molecule has 1 fully saturated rings. The van der Waals surface area contributed by atoms with Gasteiger partial charge in [-0.15, -0.1) is 0 Å². The summed E-state index contributed by atoms with van der Waals surface area (Å²) in [6.45, 7) is 1.95. The lowest BCUT2D eigenvalue weighted by molar-refractivity contribution is 0.0698. The number of urea groups is 1. The third kappa shape index (κ3) is 3.26. The molecule has 0 bridgehead atoms. The molecule has 6 heteroatoms. The summed E-state index contributed by atoms with van der Waals surface area (Å²) >= 11 is 0. The van der Waals surface area contributed by atoms with Gasteiger partial charge in [-0.2, -0.15) is 0 Å². The Morgan fingerprint density at radius 1 is 1.30 bits per heavy atom. The van der Waals surface area contributed by atoms with Gasteiger partial charge in [-0.3, -0.25) is 0 Å². The fraction of sp³-hybridized carbons (Fsp3) is 0.429. The summed E-state index contributed by atoms with van der Waals surface area (Å²) in [4.78, 5) is 23.0. The van der Waals surface area contributed by atoms with E-state index in [0.29, 0.717) is 0 Å². The SMILES string of the molecule is CC1(NC(=O)Nc2cc(F)ccc2C(=O)O)CCCC1. The van der Waals surface area contributed by atoms with Gasteiger partial charge in [0.05, 0.1) is 11.3 Å². The first kappa shape index (κ1) is 14.3. The Labute approximate surface area is 116 Å². The first-order chi connectivity index (χ1) is 9.39. The molecule has 1 aliphatic carbocycles. The Morgan fingerprint density at radius 2 is 1.95 bits per heavy atom. The highest BCUT2D eigenvalue weighted by Crippen LogP contribution is 2.29. The van der Waals surface area contributed by atoms with Gasteiger partial charge in [0.2, 0.25) is 0 Å². The van der Waals surface area contributed by atoms with Crippen LogP contribution in [0.3, 0.4) is 0 Å².